The summed E-state index contributed by atoms with van der Waals surface area (Å²) in [6, 6.07) is 4.56. The average molecular weight is 440 g/mol. The van der Waals surface area contributed by atoms with Crippen LogP contribution in [0.15, 0.2) is 42.5 Å². The van der Waals surface area contributed by atoms with Crippen molar-refractivity contribution >= 4 is 17.3 Å². The van der Waals surface area contributed by atoms with E-state index < -0.39 is 63.5 Å². The van der Waals surface area contributed by atoms with Gasteiger partial charge in [-0.2, -0.15) is 26.3 Å². The normalized spacial score (nSPS) is 14.1. The van der Waals surface area contributed by atoms with Crippen molar-refractivity contribution in [1.82, 2.24) is 0 Å². The Bertz CT molecular complexity index is 975. The number of anilines is 1. The molecule has 0 fully saturated rings. The van der Waals surface area contributed by atoms with Gasteiger partial charge in [0.2, 0.25) is 5.60 Å². The first-order chi connectivity index (χ1) is 13.6. The molecule has 0 aromatic heterocycles. The third-order valence-electron chi connectivity index (χ3n) is 3.95. The minimum Gasteiger partial charge on any atom is -0.372 e. The Morgan fingerprint density at radius 2 is 1.70 bits per heavy atom. The maximum absolute atomic E-state index is 13.4. The number of nitrogens with one attached hydrogen (secondary N) is 1. The highest BCUT2D eigenvalue weighted by Crippen LogP contribution is 2.39. The summed E-state index contributed by atoms with van der Waals surface area (Å²) in [5, 5.41) is 22.2. The molecule has 1 atom stereocenters. The second-order valence-electron chi connectivity index (χ2n) is 6.11. The van der Waals surface area contributed by atoms with Gasteiger partial charge in [-0.25, -0.2) is 4.39 Å². The summed E-state index contributed by atoms with van der Waals surface area (Å²) in [5.74, 6) is -3.09. The highest BCUT2D eigenvalue weighted by atomic mass is 19.4. The molecule has 6 nitrogen and oxygen atoms in total. The molecule has 0 saturated carbocycles. The molecule has 2 aromatic carbocycles. The number of amides is 1. The zero-order valence-corrected chi connectivity index (χ0v) is 14.5. The third-order valence-corrected chi connectivity index (χ3v) is 3.95. The fourth-order valence-corrected chi connectivity index (χ4v) is 2.49. The van der Waals surface area contributed by atoms with Crippen LogP contribution in [0.3, 0.4) is 0 Å². The fourth-order valence-electron chi connectivity index (χ4n) is 2.49. The molecule has 2 aromatic rings. The van der Waals surface area contributed by atoms with Crippen molar-refractivity contribution in [2.75, 3.05) is 5.32 Å². The number of carbonyl (C=O) groups excluding carboxylic acids is 1. The van der Waals surface area contributed by atoms with Crippen LogP contribution in [-0.2, 0) is 17.4 Å². The number of halogens is 7. The van der Waals surface area contributed by atoms with Crippen molar-refractivity contribution in [2.24, 2.45) is 0 Å². The van der Waals surface area contributed by atoms with Crippen LogP contribution in [-0.4, -0.2) is 27.7 Å². The second-order valence-corrected chi connectivity index (χ2v) is 6.11. The molecule has 0 radical (unpaired) electrons. The van der Waals surface area contributed by atoms with Crippen molar-refractivity contribution in [3.05, 3.63) is 69.5 Å². The minimum atomic E-state index is -5.59. The lowest BCUT2D eigenvalue weighted by atomic mass is 9.92. The predicted octanol–water partition coefficient (Wildman–Crippen LogP) is 4.23. The Morgan fingerprint density at radius 3 is 2.20 bits per heavy atom. The lowest BCUT2D eigenvalue weighted by molar-refractivity contribution is -0.388. The van der Waals surface area contributed by atoms with Crippen molar-refractivity contribution in [2.45, 2.75) is 24.4 Å². The van der Waals surface area contributed by atoms with Crippen LogP contribution in [0.2, 0.25) is 0 Å². The Labute approximate surface area is 163 Å². The number of aliphatic hydroxyl groups is 1. The number of carbonyl (C=O) groups is 1. The first-order valence-electron chi connectivity index (χ1n) is 7.86. The van der Waals surface area contributed by atoms with E-state index in [0.29, 0.717) is 18.2 Å². The Morgan fingerprint density at radius 1 is 1.07 bits per heavy atom. The fraction of sp³-hybridized carbons (Fsp3) is 0.235. The Balaban J connectivity index is 2.42. The van der Waals surface area contributed by atoms with Crippen LogP contribution >= 0.6 is 0 Å². The standard InChI is InChI=1S/C17H11F7N2O4/c18-10-3-1-2-9(6-10)8-15(28,17(22,23)24)14(27)25-11-4-5-13(26(29)30)12(7-11)16(19,20)21/h1-7,28H,8H2,(H,25,27). The number of alkyl halides is 6. The van der Waals surface area contributed by atoms with Crippen LogP contribution in [0.25, 0.3) is 0 Å². The van der Waals surface area contributed by atoms with E-state index in [1.165, 1.54) is 5.32 Å². The second kappa shape index (κ2) is 7.89. The molecule has 2 rings (SSSR count). The molecule has 30 heavy (non-hydrogen) atoms. The molecule has 1 unspecified atom stereocenters. The summed E-state index contributed by atoms with van der Waals surface area (Å²) in [5.41, 5.74) is -8.61. The molecule has 0 aliphatic rings. The first kappa shape index (κ1) is 23.1. The zero-order chi connectivity index (χ0) is 22.9. The van der Waals surface area contributed by atoms with Crippen molar-refractivity contribution < 1.29 is 45.6 Å². The van der Waals surface area contributed by atoms with Crippen LogP contribution in [0.5, 0.6) is 0 Å². The van der Waals surface area contributed by atoms with Crippen LogP contribution in [0.1, 0.15) is 11.1 Å². The average Bonchev–Trinajstić information content (AvgIpc) is 2.59. The van der Waals surface area contributed by atoms with Crippen molar-refractivity contribution in [3.8, 4) is 0 Å². The summed E-state index contributed by atoms with van der Waals surface area (Å²) in [4.78, 5) is 21.5. The van der Waals surface area contributed by atoms with Gasteiger partial charge in [0.1, 0.15) is 11.4 Å². The van der Waals surface area contributed by atoms with Gasteiger partial charge in [-0.3, -0.25) is 14.9 Å². The topological polar surface area (TPSA) is 92.5 Å². The first-order valence-corrected chi connectivity index (χ1v) is 7.86. The molecule has 0 heterocycles. The lowest BCUT2D eigenvalue weighted by Crippen LogP contribution is -2.56. The summed E-state index contributed by atoms with van der Waals surface area (Å²) in [7, 11) is 0. The molecule has 162 valence electrons. The number of nitrogens with zero attached hydrogens (tertiary/aromatic N) is 1. The van der Waals surface area contributed by atoms with E-state index in [0.717, 1.165) is 18.2 Å². The Hall–Kier alpha value is -3.22. The van der Waals surface area contributed by atoms with Gasteiger partial charge in [0.25, 0.3) is 11.6 Å². The van der Waals surface area contributed by atoms with Gasteiger partial charge in [0, 0.05) is 18.2 Å². The van der Waals surface area contributed by atoms with Crippen LogP contribution in [0, 0.1) is 15.9 Å². The molecule has 2 N–H and O–H groups in total. The predicted molar refractivity (Wildman–Crippen MR) is 87.8 cm³/mol. The molecular weight excluding hydrogens is 429 g/mol. The largest absolute Gasteiger partial charge is 0.426 e. The monoisotopic (exact) mass is 440 g/mol. The number of hydrogen-bond acceptors (Lipinski definition) is 4. The summed E-state index contributed by atoms with van der Waals surface area (Å²) in [6.45, 7) is 0. The van der Waals surface area contributed by atoms with Gasteiger partial charge < -0.3 is 10.4 Å². The highest BCUT2D eigenvalue weighted by molar-refractivity contribution is 5.98. The minimum absolute atomic E-state index is 0.0645. The van der Waals surface area contributed by atoms with Crippen LogP contribution < -0.4 is 5.32 Å². The number of hydrogen-bond donors (Lipinski definition) is 2. The Kier molecular flexibility index (Phi) is 6.07. The van der Waals surface area contributed by atoms with Crippen molar-refractivity contribution in [3.63, 3.8) is 0 Å². The van der Waals surface area contributed by atoms with E-state index in [1.54, 1.807) is 0 Å². The molecule has 0 aliphatic heterocycles. The summed E-state index contributed by atoms with van der Waals surface area (Å²) >= 11 is 0. The SMILES string of the molecule is O=C(Nc1ccc([N+](=O)[O-])c(C(F)(F)F)c1)C(O)(Cc1cccc(F)c1)C(F)(F)F. The summed E-state index contributed by atoms with van der Waals surface area (Å²) in [6.07, 6.45) is -12.3. The van der Waals surface area contributed by atoms with E-state index in [1.807, 2.05) is 0 Å². The van der Waals surface area contributed by atoms with Crippen LogP contribution in [0.4, 0.5) is 42.1 Å². The molecule has 0 bridgehead atoms. The molecule has 0 saturated heterocycles. The quantitative estimate of drug-likeness (QED) is 0.414. The maximum atomic E-state index is 13.4. The molecule has 0 aliphatic carbocycles. The highest BCUT2D eigenvalue weighted by Gasteiger charge is 2.59. The van der Waals surface area contributed by atoms with Crippen molar-refractivity contribution in [1.29, 1.82) is 0 Å². The van der Waals surface area contributed by atoms with Gasteiger partial charge >= 0.3 is 12.4 Å². The molecular formula is C17H11F7N2O4. The number of benzene rings is 2. The zero-order valence-electron chi connectivity index (χ0n) is 14.5. The summed E-state index contributed by atoms with van der Waals surface area (Å²) < 4.78 is 92.4. The molecule has 0 spiro atoms. The molecule has 13 heteroatoms. The van der Waals surface area contributed by atoms with Gasteiger partial charge in [0.15, 0.2) is 0 Å². The van der Waals surface area contributed by atoms with Gasteiger partial charge in [-0.05, 0) is 29.8 Å². The number of nitro groups is 1. The van der Waals surface area contributed by atoms with E-state index in [9.17, 15) is 50.7 Å². The lowest BCUT2D eigenvalue weighted by Gasteiger charge is -2.29. The smallest absolute Gasteiger partial charge is 0.372 e. The van der Waals surface area contributed by atoms with E-state index >= 15 is 0 Å². The molecule has 1 amide bonds. The maximum Gasteiger partial charge on any atom is 0.426 e. The van der Waals surface area contributed by atoms with Gasteiger partial charge in [0.05, 0.1) is 4.92 Å². The number of rotatable bonds is 5. The number of nitro benzene ring substituents is 1. The van der Waals surface area contributed by atoms with E-state index in [-0.39, 0.29) is 6.07 Å². The van der Waals surface area contributed by atoms with Gasteiger partial charge in [-0.15, -0.1) is 0 Å². The van der Waals surface area contributed by atoms with Gasteiger partial charge in [-0.1, -0.05) is 12.1 Å². The van der Waals surface area contributed by atoms with E-state index in [4.69, 9.17) is 0 Å². The van der Waals surface area contributed by atoms with E-state index in [2.05, 4.69) is 0 Å². The third kappa shape index (κ3) is 4.84.